The molecule has 0 N–H and O–H groups in total. The molecular weight excluding hydrogens is 244 g/mol. The zero-order valence-corrected chi connectivity index (χ0v) is 12.5. The van der Waals surface area contributed by atoms with Crippen LogP contribution < -0.4 is 0 Å². The summed E-state index contributed by atoms with van der Waals surface area (Å²) in [4.78, 5) is 23.3. The van der Waals surface area contributed by atoms with E-state index in [1.165, 1.54) is 0 Å². The molecule has 0 saturated heterocycles. The van der Waals surface area contributed by atoms with Crippen LogP contribution in [0.4, 0.5) is 0 Å². The van der Waals surface area contributed by atoms with Gasteiger partial charge in [-0.15, -0.1) is 0 Å². The van der Waals surface area contributed by atoms with Crippen LogP contribution in [-0.4, -0.2) is 32.1 Å². The van der Waals surface area contributed by atoms with Crippen molar-refractivity contribution >= 4 is 11.8 Å². The summed E-state index contributed by atoms with van der Waals surface area (Å²) < 4.78 is 10.5. The molecule has 0 unspecified atom stereocenters. The highest BCUT2D eigenvalue weighted by atomic mass is 16.5. The Hall–Kier alpha value is -0.900. The number of hydrogen-bond donors (Lipinski definition) is 0. The van der Waals surface area contributed by atoms with E-state index in [4.69, 9.17) is 9.47 Å². The standard InChI is InChI=1S/C15H26O4/c1-11(16)12-5-7-13(8-6-12)14(17)19-10-15(2,3)9-18-4/h12-13H,5-10H2,1-4H3. The number of ketones is 1. The molecule has 0 spiro atoms. The molecule has 1 rings (SSSR count). The summed E-state index contributed by atoms with van der Waals surface area (Å²) in [6.07, 6.45) is 3.18. The summed E-state index contributed by atoms with van der Waals surface area (Å²) in [7, 11) is 1.65. The van der Waals surface area contributed by atoms with Gasteiger partial charge in [-0.05, 0) is 32.6 Å². The molecule has 1 aliphatic rings. The van der Waals surface area contributed by atoms with Crippen LogP contribution in [0.25, 0.3) is 0 Å². The summed E-state index contributed by atoms with van der Waals surface area (Å²) in [5.41, 5.74) is -0.152. The van der Waals surface area contributed by atoms with Gasteiger partial charge in [0.05, 0.1) is 19.1 Å². The maximum absolute atomic E-state index is 12.0. The Morgan fingerprint density at radius 2 is 1.58 bits per heavy atom. The van der Waals surface area contributed by atoms with Crippen molar-refractivity contribution in [1.29, 1.82) is 0 Å². The number of hydrogen-bond acceptors (Lipinski definition) is 4. The zero-order valence-electron chi connectivity index (χ0n) is 12.5. The van der Waals surface area contributed by atoms with Crippen molar-refractivity contribution in [2.24, 2.45) is 17.3 Å². The van der Waals surface area contributed by atoms with Gasteiger partial charge < -0.3 is 9.47 Å². The smallest absolute Gasteiger partial charge is 0.308 e. The van der Waals surface area contributed by atoms with Crippen molar-refractivity contribution in [3.05, 3.63) is 0 Å². The second kappa shape index (κ2) is 7.04. The van der Waals surface area contributed by atoms with Crippen LogP contribution in [0.5, 0.6) is 0 Å². The highest BCUT2D eigenvalue weighted by Gasteiger charge is 2.30. The zero-order chi connectivity index (χ0) is 14.5. The van der Waals surface area contributed by atoms with Crippen molar-refractivity contribution in [2.75, 3.05) is 20.3 Å². The van der Waals surface area contributed by atoms with E-state index in [0.717, 1.165) is 25.7 Å². The van der Waals surface area contributed by atoms with Gasteiger partial charge in [-0.3, -0.25) is 9.59 Å². The molecular formula is C15H26O4. The van der Waals surface area contributed by atoms with Crippen LogP contribution in [0, 0.1) is 17.3 Å². The molecule has 0 heterocycles. The molecule has 0 bridgehead atoms. The normalized spacial score (nSPS) is 24.0. The van der Waals surface area contributed by atoms with Gasteiger partial charge in [0, 0.05) is 18.4 Å². The second-order valence-corrected chi connectivity index (χ2v) is 6.36. The average Bonchev–Trinajstić information content (AvgIpc) is 2.36. The van der Waals surface area contributed by atoms with Gasteiger partial charge in [-0.2, -0.15) is 0 Å². The predicted molar refractivity (Wildman–Crippen MR) is 72.7 cm³/mol. The Bertz CT molecular complexity index is 314. The molecule has 4 heteroatoms. The largest absolute Gasteiger partial charge is 0.465 e. The van der Waals surface area contributed by atoms with Gasteiger partial charge in [0.15, 0.2) is 0 Å². The SMILES string of the molecule is COCC(C)(C)COC(=O)C1CCC(C(C)=O)CC1. The minimum Gasteiger partial charge on any atom is -0.465 e. The van der Waals surface area contributed by atoms with E-state index in [1.54, 1.807) is 14.0 Å². The predicted octanol–water partition coefficient (Wildman–Crippen LogP) is 2.60. The van der Waals surface area contributed by atoms with Gasteiger partial charge in [-0.1, -0.05) is 13.8 Å². The molecule has 19 heavy (non-hydrogen) atoms. The number of methoxy groups -OCH3 is 1. The fourth-order valence-electron chi connectivity index (χ4n) is 2.55. The molecule has 0 radical (unpaired) electrons. The number of ether oxygens (including phenoxy) is 2. The highest BCUT2D eigenvalue weighted by molar-refractivity contribution is 5.79. The Kier molecular flexibility index (Phi) is 5.98. The van der Waals surface area contributed by atoms with Crippen LogP contribution in [0.15, 0.2) is 0 Å². The van der Waals surface area contributed by atoms with E-state index in [9.17, 15) is 9.59 Å². The number of carbonyl (C=O) groups is 2. The quantitative estimate of drug-likeness (QED) is 0.696. The lowest BCUT2D eigenvalue weighted by molar-refractivity contribution is -0.154. The number of esters is 1. The van der Waals surface area contributed by atoms with Crippen molar-refractivity contribution in [2.45, 2.75) is 46.5 Å². The van der Waals surface area contributed by atoms with Crippen LogP contribution >= 0.6 is 0 Å². The molecule has 1 saturated carbocycles. The minimum atomic E-state index is -0.152. The number of carbonyl (C=O) groups excluding carboxylic acids is 2. The third-order valence-corrected chi connectivity index (χ3v) is 3.78. The highest BCUT2D eigenvalue weighted by Crippen LogP contribution is 2.30. The van der Waals surface area contributed by atoms with E-state index >= 15 is 0 Å². The topological polar surface area (TPSA) is 52.6 Å². The summed E-state index contributed by atoms with van der Waals surface area (Å²) in [6, 6.07) is 0. The fraction of sp³-hybridized carbons (Fsp3) is 0.867. The molecule has 0 amide bonds. The second-order valence-electron chi connectivity index (χ2n) is 6.36. The van der Waals surface area contributed by atoms with Crippen molar-refractivity contribution < 1.29 is 19.1 Å². The molecule has 1 fully saturated rings. The summed E-state index contributed by atoms with van der Waals surface area (Å²) in [6.45, 7) is 6.60. The van der Waals surface area contributed by atoms with Gasteiger partial charge >= 0.3 is 5.97 Å². The maximum atomic E-state index is 12.0. The molecule has 0 atom stereocenters. The Morgan fingerprint density at radius 3 is 2.05 bits per heavy atom. The van der Waals surface area contributed by atoms with Crippen molar-refractivity contribution in [1.82, 2.24) is 0 Å². The summed E-state index contributed by atoms with van der Waals surface area (Å²) in [5.74, 6) is 0.238. The lowest BCUT2D eigenvalue weighted by Gasteiger charge is -2.28. The molecule has 0 aromatic carbocycles. The van der Waals surface area contributed by atoms with E-state index in [-0.39, 0.29) is 29.0 Å². The first-order chi connectivity index (χ1) is 8.85. The molecule has 0 aliphatic heterocycles. The number of rotatable bonds is 6. The molecule has 0 aromatic heterocycles. The van der Waals surface area contributed by atoms with Crippen LogP contribution in [0.1, 0.15) is 46.5 Å². The molecule has 4 nitrogen and oxygen atoms in total. The van der Waals surface area contributed by atoms with Gasteiger partial charge in [0.2, 0.25) is 0 Å². The maximum Gasteiger partial charge on any atom is 0.308 e. The first kappa shape index (κ1) is 16.2. The van der Waals surface area contributed by atoms with E-state index in [2.05, 4.69) is 0 Å². The number of Topliss-reactive ketones (excluding diaryl/α,β-unsaturated/α-hetero) is 1. The minimum absolute atomic E-state index is 0.0334. The molecule has 1 aliphatic carbocycles. The summed E-state index contributed by atoms with van der Waals surface area (Å²) >= 11 is 0. The lowest BCUT2D eigenvalue weighted by Crippen LogP contribution is -2.31. The van der Waals surface area contributed by atoms with E-state index in [0.29, 0.717) is 13.2 Å². The third-order valence-electron chi connectivity index (χ3n) is 3.78. The van der Waals surface area contributed by atoms with Gasteiger partial charge in [0.25, 0.3) is 0 Å². The van der Waals surface area contributed by atoms with Crippen LogP contribution in [0.2, 0.25) is 0 Å². The first-order valence-electron chi connectivity index (χ1n) is 7.02. The van der Waals surface area contributed by atoms with Crippen LogP contribution in [-0.2, 0) is 19.1 Å². The summed E-state index contributed by atoms with van der Waals surface area (Å²) in [5, 5.41) is 0. The Morgan fingerprint density at radius 1 is 1.05 bits per heavy atom. The lowest BCUT2D eigenvalue weighted by atomic mass is 9.80. The Labute approximate surface area is 115 Å². The first-order valence-corrected chi connectivity index (χ1v) is 7.02. The average molecular weight is 270 g/mol. The van der Waals surface area contributed by atoms with Crippen LogP contribution in [0.3, 0.4) is 0 Å². The fourth-order valence-corrected chi connectivity index (χ4v) is 2.55. The molecule has 0 aromatic rings. The van der Waals surface area contributed by atoms with E-state index in [1.807, 2.05) is 13.8 Å². The Balaban J connectivity index is 2.34. The van der Waals surface area contributed by atoms with Crippen molar-refractivity contribution in [3.8, 4) is 0 Å². The van der Waals surface area contributed by atoms with Gasteiger partial charge in [-0.25, -0.2) is 0 Å². The third kappa shape index (κ3) is 5.31. The molecule has 110 valence electrons. The van der Waals surface area contributed by atoms with E-state index < -0.39 is 0 Å². The monoisotopic (exact) mass is 270 g/mol. The van der Waals surface area contributed by atoms with Gasteiger partial charge in [0.1, 0.15) is 5.78 Å². The van der Waals surface area contributed by atoms with Crippen molar-refractivity contribution in [3.63, 3.8) is 0 Å².